The van der Waals surface area contributed by atoms with Gasteiger partial charge in [-0.15, -0.1) is 11.3 Å². The normalized spacial score (nSPS) is 14.8. The Kier molecular flexibility index (Phi) is 6.44. The summed E-state index contributed by atoms with van der Waals surface area (Å²) in [7, 11) is 0. The average Bonchev–Trinajstić information content (AvgIpc) is 3.66. The topological polar surface area (TPSA) is 38.7 Å². The molecule has 4 aromatic heterocycles. The molecule has 0 saturated carbocycles. The Bertz CT molecular complexity index is 3630. The second-order valence-electron chi connectivity index (χ2n) is 15.4. The monoisotopic (exact) mass is 741 g/mol. The van der Waals surface area contributed by atoms with E-state index in [-0.39, 0.29) is 5.92 Å². The van der Waals surface area contributed by atoms with Gasteiger partial charge in [-0.2, -0.15) is 0 Å². The summed E-state index contributed by atoms with van der Waals surface area (Å²) < 4.78 is 2.64. The van der Waals surface area contributed by atoms with Gasteiger partial charge in [0.15, 0.2) is 0 Å². The Morgan fingerprint density at radius 2 is 1.42 bits per heavy atom. The molecule has 4 heterocycles. The van der Waals surface area contributed by atoms with Crippen LogP contribution >= 0.6 is 11.3 Å². The Morgan fingerprint density at radius 1 is 0.579 bits per heavy atom. The molecular formula is C53H31N3S. The third-order valence-corrected chi connectivity index (χ3v) is 13.6. The fourth-order valence-electron chi connectivity index (χ4n) is 9.90. The summed E-state index contributed by atoms with van der Waals surface area (Å²) in [6, 6.07) is 51.1. The minimum absolute atomic E-state index is 0.120. The number of thiophene rings is 1. The van der Waals surface area contributed by atoms with Crippen molar-refractivity contribution in [1.29, 1.82) is 0 Å². The van der Waals surface area contributed by atoms with E-state index in [1.54, 1.807) is 0 Å². The predicted octanol–water partition coefficient (Wildman–Crippen LogP) is 14.1. The van der Waals surface area contributed by atoms with E-state index >= 15 is 0 Å². The maximum atomic E-state index is 5.38. The number of pyridine rings is 3. The number of para-hydroxylation sites is 1. The molecule has 0 N–H and O–H groups in total. The van der Waals surface area contributed by atoms with E-state index in [0.29, 0.717) is 0 Å². The van der Waals surface area contributed by atoms with Crippen LogP contribution in [0.1, 0.15) is 28.2 Å². The van der Waals surface area contributed by atoms with Crippen LogP contribution in [0.25, 0.3) is 108 Å². The van der Waals surface area contributed by atoms with Crippen molar-refractivity contribution in [3.63, 3.8) is 0 Å². The lowest BCUT2D eigenvalue weighted by molar-refractivity contribution is 1.08. The van der Waals surface area contributed by atoms with Crippen molar-refractivity contribution in [2.75, 3.05) is 0 Å². The van der Waals surface area contributed by atoms with Crippen LogP contribution in [0.3, 0.4) is 0 Å². The van der Waals surface area contributed by atoms with Gasteiger partial charge in [0.1, 0.15) is 0 Å². The van der Waals surface area contributed by atoms with Gasteiger partial charge < -0.3 is 0 Å². The van der Waals surface area contributed by atoms with Crippen molar-refractivity contribution in [3.05, 3.63) is 186 Å². The molecule has 13 rings (SSSR count). The molecule has 7 aromatic carbocycles. The van der Waals surface area contributed by atoms with Crippen LogP contribution in [0.15, 0.2) is 164 Å². The van der Waals surface area contributed by atoms with Gasteiger partial charge in [-0.3, -0.25) is 9.97 Å². The van der Waals surface area contributed by atoms with Crippen LogP contribution in [0.5, 0.6) is 0 Å². The Morgan fingerprint density at radius 3 is 2.40 bits per heavy atom. The van der Waals surface area contributed by atoms with E-state index in [1.807, 2.05) is 29.8 Å². The highest BCUT2D eigenvalue weighted by molar-refractivity contribution is 7.26. The number of hydrogen-bond donors (Lipinski definition) is 0. The molecule has 0 saturated heterocycles. The molecule has 0 spiro atoms. The Hall–Kier alpha value is -7.01. The largest absolute Gasteiger partial charge is 0.254 e. The minimum atomic E-state index is 0.120. The Balaban J connectivity index is 0.977. The van der Waals surface area contributed by atoms with Crippen LogP contribution in [-0.2, 0) is 6.42 Å². The molecule has 57 heavy (non-hydrogen) atoms. The van der Waals surface area contributed by atoms with Gasteiger partial charge in [-0.25, -0.2) is 4.98 Å². The number of allylic oxidation sites excluding steroid dienone is 3. The fraction of sp³-hybridized carbons (Fsp3) is 0.0377. The van der Waals surface area contributed by atoms with Gasteiger partial charge >= 0.3 is 0 Å². The highest BCUT2D eigenvalue weighted by atomic mass is 32.1. The highest BCUT2D eigenvalue weighted by Crippen LogP contribution is 2.50. The minimum Gasteiger partial charge on any atom is -0.254 e. The van der Waals surface area contributed by atoms with E-state index in [2.05, 4.69) is 152 Å². The number of hydrogen-bond acceptors (Lipinski definition) is 4. The van der Waals surface area contributed by atoms with E-state index in [1.165, 1.54) is 86.1 Å². The number of benzene rings is 7. The lowest BCUT2D eigenvalue weighted by Gasteiger charge is -2.30. The molecule has 1 unspecified atom stereocenters. The molecule has 0 bridgehead atoms. The summed E-state index contributed by atoms with van der Waals surface area (Å²) in [5.74, 6) is 0.120. The van der Waals surface area contributed by atoms with Gasteiger partial charge in [0.2, 0.25) is 0 Å². The first kappa shape index (κ1) is 31.2. The molecule has 0 fully saturated rings. The maximum Gasteiger partial charge on any atom is 0.0967 e. The number of aromatic nitrogens is 3. The summed E-state index contributed by atoms with van der Waals surface area (Å²) in [5, 5.41) is 11.2. The van der Waals surface area contributed by atoms with Gasteiger partial charge in [0, 0.05) is 71.0 Å². The quantitative estimate of drug-likeness (QED) is 0.169. The van der Waals surface area contributed by atoms with Crippen LogP contribution < -0.4 is 0 Å². The summed E-state index contributed by atoms with van der Waals surface area (Å²) >= 11 is 1.89. The highest BCUT2D eigenvalue weighted by Gasteiger charge is 2.29. The van der Waals surface area contributed by atoms with Crippen molar-refractivity contribution in [2.45, 2.75) is 12.3 Å². The third kappa shape index (κ3) is 4.45. The molecule has 4 heteroatoms. The zero-order valence-corrected chi connectivity index (χ0v) is 31.5. The maximum absolute atomic E-state index is 5.38. The van der Waals surface area contributed by atoms with Crippen molar-refractivity contribution in [1.82, 2.24) is 15.0 Å². The molecule has 0 aliphatic heterocycles. The van der Waals surface area contributed by atoms with Crippen molar-refractivity contribution in [3.8, 4) is 22.4 Å². The lowest BCUT2D eigenvalue weighted by Crippen LogP contribution is -2.11. The SMILES string of the molecule is C1=CC(c2ccnc3c2ccc2cccnc23)C2=CCc3ccc(-c4cccc(-c5nc6ccccc6c6c5ccc5c7ccccc7sc56)c4)c4ccc1c2c34. The van der Waals surface area contributed by atoms with Crippen LogP contribution in [0, 0.1) is 0 Å². The van der Waals surface area contributed by atoms with Gasteiger partial charge in [0.25, 0.3) is 0 Å². The van der Waals surface area contributed by atoms with E-state index in [0.717, 1.165) is 45.0 Å². The summed E-state index contributed by atoms with van der Waals surface area (Å²) in [6.45, 7) is 0. The van der Waals surface area contributed by atoms with Crippen LogP contribution in [0.2, 0.25) is 0 Å². The second kappa shape index (κ2) is 11.8. The van der Waals surface area contributed by atoms with E-state index in [4.69, 9.17) is 15.0 Å². The van der Waals surface area contributed by atoms with Gasteiger partial charge in [-0.05, 0) is 86.5 Å². The molecule has 1 atom stereocenters. The van der Waals surface area contributed by atoms with Crippen molar-refractivity contribution < 1.29 is 0 Å². The predicted molar refractivity (Wildman–Crippen MR) is 241 cm³/mol. The van der Waals surface area contributed by atoms with E-state index in [9.17, 15) is 0 Å². The van der Waals surface area contributed by atoms with Crippen molar-refractivity contribution >= 4 is 97.4 Å². The van der Waals surface area contributed by atoms with Crippen LogP contribution in [0.4, 0.5) is 0 Å². The number of rotatable bonds is 3. The lowest BCUT2D eigenvalue weighted by atomic mass is 9.73. The molecular weight excluding hydrogens is 711 g/mol. The summed E-state index contributed by atoms with van der Waals surface area (Å²) in [4.78, 5) is 15.0. The summed E-state index contributed by atoms with van der Waals surface area (Å²) in [5.41, 5.74) is 14.2. The number of fused-ring (bicyclic) bond motifs is 10. The zero-order chi connectivity index (χ0) is 37.2. The summed E-state index contributed by atoms with van der Waals surface area (Å²) in [6.07, 6.45) is 11.9. The Labute approximate surface area is 331 Å². The first-order valence-corrected chi connectivity index (χ1v) is 20.4. The molecule has 2 aliphatic rings. The zero-order valence-electron chi connectivity index (χ0n) is 30.7. The fourth-order valence-corrected chi connectivity index (χ4v) is 11.2. The molecule has 3 nitrogen and oxygen atoms in total. The van der Waals surface area contributed by atoms with Crippen molar-refractivity contribution in [2.24, 2.45) is 0 Å². The molecule has 264 valence electrons. The first-order valence-electron chi connectivity index (χ1n) is 19.6. The van der Waals surface area contributed by atoms with Gasteiger partial charge in [-0.1, -0.05) is 127 Å². The molecule has 11 aromatic rings. The first-order chi connectivity index (χ1) is 28.3. The molecule has 0 radical (unpaired) electrons. The molecule has 2 aliphatic carbocycles. The van der Waals surface area contributed by atoms with Gasteiger partial charge in [0.05, 0.1) is 22.2 Å². The van der Waals surface area contributed by atoms with Crippen LogP contribution in [-0.4, -0.2) is 15.0 Å². The third-order valence-electron chi connectivity index (χ3n) is 12.4. The molecule has 0 amide bonds. The smallest absolute Gasteiger partial charge is 0.0967 e. The van der Waals surface area contributed by atoms with E-state index < -0.39 is 0 Å². The number of nitrogens with zero attached hydrogens (tertiary/aromatic N) is 3. The standard InChI is InChI=1S/C53H31N3S/c1-3-12-45-43(11-1)49-44(25-24-42-38-10-2-4-13-46(38)57-53(42)49)50(56-45)34-8-5-7-33(29-34)35-19-14-30-17-22-40-36(20-15-31-16-21-39(35)47(30)48(31)40)37-26-28-55-52-41(37)23-18-32-9-6-27-54-51(32)52/h1-16,18-29,36H,17H2. The average molecular weight is 742 g/mol. The second-order valence-corrected chi connectivity index (χ2v) is 16.4.